The van der Waals surface area contributed by atoms with E-state index < -0.39 is 6.10 Å². The minimum absolute atomic E-state index is 0.257. The smallest absolute Gasteiger partial charge is 0.141 e. The van der Waals surface area contributed by atoms with Crippen LogP contribution in [0.2, 0.25) is 0 Å². The molecule has 4 heteroatoms. The van der Waals surface area contributed by atoms with Crippen LogP contribution in [0.1, 0.15) is 24.5 Å². The summed E-state index contributed by atoms with van der Waals surface area (Å²) in [4.78, 5) is 0. The van der Waals surface area contributed by atoms with E-state index in [2.05, 4.69) is 17.5 Å². The van der Waals surface area contributed by atoms with Gasteiger partial charge in [0, 0.05) is 13.1 Å². The molecule has 3 rings (SSSR count). The highest BCUT2D eigenvalue weighted by Crippen LogP contribution is 2.33. The van der Waals surface area contributed by atoms with Crippen molar-refractivity contribution in [3.63, 3.8) is 0 Å². The number of aliphatic hydroxyl groups is 1. The number of benzene rings is 1. The predicted molar refractivity (Wildman–Crippen MR) is 85.0 cm³/mol. The normalized spacial score (nSPS) is 24.3. The maximum atomic E-state index is 10.0. The number of ether oxygens (including phenoxy) is 2. The molecule has 1 aliphatic heterocycles. The lowest BCUT2D eigenvalue weighted by atomic mass is 9.93. The van der Waals surface area contributed by atoms with Crippen LogP contribution in [0.15, 0.2) is 54.5 Å². The zero-order valence-corrected chi connectivity index (χ0v) is 12.7. The molecular weight excluding hydrogens is 278 g/mol. The second kappa shape index (κ2) is 7.47. The third-order valence-corrected chi connectivity index (χ3v) is 4.12. The molecule has 0 radical (unpaired) electrons. The Kier molecular flexibility index (Phi) is 5.14. The summed E-state index contributed by atoms with van der Waals surface area (Å²) in [7, 11) is 0. The Balaban J connectivity index is 1.34. The SMILES string of the molecule is OC(CNCCOC1=COC2CCC=CC12)c1ccccc1. The van der Waals surface area contributed by atoms with Gasteiger partial charge in [0.25, 0.3) is 0 Å². The van der Waals surface area contributed by atoms with E-state index in [9.17, 15) is 5.11 Å². The van der Waals surface area contributed by atoms with E-state index in [-0.39, 0.29) is 12.0 Å². The van der Waals surface area contributed by atoms with E-state index in [4.69, 9.17) is 9.47 Å². The summed E-state index contributed by atoms with van der Waals surface area (Å²) in [6, 6.07) is 9.67. The Morgan fingerprint density at radius 1 is 1.32 bits per heavy atom. The van der Waals surface area contributed by atoms with Crippen molar-refractivity contribution in [1.82, 2.24) is 5.32 Å². The van der Waals surface area contributed by atoms with Gasteiger partial charge in [-0.15, -0.1) is 0 Å². The third kappa shape index (κ3) is 3.70. The molecule has 0 amide bonds. The van der Waals surface area contributed by atoms with E-state index >= 15 is 0 Å². The topological polar surface area (TPSA) is 50.7 Å². The Hall–Kier alpha value is -1.78. The van der Waals surface area contributed by atoms with Crippen LogP contribution in [0, 0.1) is 5.92 Å². The number of hydrogen-bond acceptors (Lipinski definition) is 4. The number of nitrogens with one attached hydrogen (secondary N) is 1. The van der Waals surface area contributed by atoms with E-state index in [0.29, 0.717) is 19.7 Å². The third-order valence-electron chi connectivity index (χ3n) is 4.12. The molecule has 0 fully saturated rings. The highest BCUT2D eigenvalue weighted by Gasteiger charge is 2.32. The molecule has 3 atom stereocenters. The van der Waals surface area contributed by atoms with Gasteiger partial charge >= 0.3 is 0 Å². The summed E-state index contributed by atoms with van der Waals surface area (Å²) in [5.41, 5.74) is 0.929. The lowest BCUT2D eigenvalue weighted by molar-refractivity contribution is 0.124. The van der Waals surface area contributed by atoms with Crippen LogP contribution in [-0.4, -0.2) is 30.9 Å². The number of allylic oxidation sites excluding steroid dienone is 1. The number of fused-ring (bicyclic) bond motifs is 1. The molecule has 0 aromatic heterocycles. The molecule has 22 heavy (non-hydrogen) atoms. The van der Waals surface area contributed by atoms with Gasteiger partial charge in [-0.2, -0.15) is 0 Å². The van der Waals surface area contributed by atoms with Crippen molar-refractivity contribution in [2.24, 2.45) is 5.92 Å². The van der Waals surface area contributed by atoms with Crippen LogP contribution in [-0.2, 0) is 9.47 Å². The van der Waals surface area contributed by atoms with Gasteiger partial charge in [-0.3, -0.25) is 0 Å². The van der Waals surface area contributed by atoms with Gasteiger partial charge in [-0.05, 0) is 18.4 Å². The highest BCUT2D eigenvalue weighted by atomic mass is 16.5. The number of rotatable bonds is 7. The van der Waals surface area contributed by atoms with Crippen molar-refractivity contribution >= 4 is 0 Å². The maximum Gasteiger partial charge on any atom is 0.141 e. The van der Waals surface area contributed by atoms with Gasteiger partial charge in [-0.25, -0.2) is 0 Å². The predicted octanol–water partition coefficient (Wildman–Crippen LogP) is 2.53. The van der Waals surface area contributed by atoms with E-state index in [1.165, 1.54) is 0 Å². The first-order valence-electron chi connectivity index (χ1n) is 7.93. The molecule has 2 aliphatic rings. The largest absolute Gasteiger partial charge is 0.493 e. The lowest BCUT2D eigenvalue weighted by Crippen LogP contribution is -2.26. The van der Waals surface area contributed by atoms with E-state index in [1.807, 2.05) is 30.3 Å². The first-order valence-corrected chi connectivity index (χ1v) is 7.93. The molecule has 1 aliphatic carbocycles. The summed E-state index contributed by atoms with van der Waals surface area (Å²) in [6.07, 6.45) is 8.05. The fourth-order valence-corrected chi connectivity index (χ4v) is 2.87. The molecule has 0 bridgehead atoms. The zero-order valence-electron chi connectivity index (χ0n) is 12.7. The molecule has 118 valence electrons. The van der Waals surface area contributed by atoms with Gasteiger partial charge in [0.15, 0.2) is 0 Å². The lowest BCUT2D eigenvalue weighted by Gasteiger charge is -2.21. The van der Waals surface area contributed by atoms with Crippen molar-refractivity contribution in [3.8, 4) is 0 Å². The molecule has 2 N–H and O–H groups in total. The molecule has 1 aromatic rings. The summed E-state index contributed by atoms with van der Waals surface area (Å²) in [5.74, 6) is 1.20. The minimum atomic E-state index is -0.485. The number of hydrogen-bond donors (Lipinski definition) is 2. The Labute approximate surface area is 131 Å². The van der Waals surface area contributed by atoms with Crippen LogP contribution in [0.3, 0.4) is 0 Å². The summed E-state index contributed by atoms with van der Waals surface area (Å²) >= 11 is 0. The van der Waals surface area contributed by atoms with Crippen LogP contribution >= 0.6 is 0 Å². The molecule has 0 spiro atoms. The monoisotopic (exact) mass is 301 g/mol. The van der Waals surface area contributed by atoms with Crippen molar-refractivity contribution in [2.45, 2.75) is 25.0 Å². The molecule has 0 saturated carbocycles. The summed E-state index contributed by atoms with van der Waals surface area (Å²) in [5, 5.41) is 13.3. The molecule has 1 heterocycles. The average molecular weight is 301 g/mol. The average Bonchev–Trinajstić information content (AvgIpc) is 2.98. The van der Waals surface area contributed by atoms with E-state index in [0.717, 1.165) is 24.2 Å². The number of aliphatic hydroxyl groups excluding tert-OH is 1. The van der Waals surface area contributed by atoms with Crippen LogP contribution < -0.4 is 5.32 Å². The van der Waals surface area contributed by atoms with Crippen LogP contribution in [0.5, 0.6) is 0 Å². The molecule has 1 aromatic carbocycles. The van der Waals surface area contributed by atoms with Crippen molar-refractivity contribution in [3.05, 3.63) is 60.1 Å². The van der Waals surface area contributed by atoms with Gasteiger partial charge < -0.3 is 19.9 Å². The van der Waals surface area contributed by atoms with E-state index in [1.54, 1.807) is 6.26 Å². The fourth-order valence-electron chi connectivity index (χ4n) is 2.87. The Morgan fingerprint density at radius 2 is 2.18 bits per heavy atom. The van der Waals surface area contributed by atoms with Gasteiger partial charge in [0.05, 0.1) is 12.0 Å². The van der Waals surface area contributed by atoms with Crippen molar-refractivity contribution in [2.75, 3.05) is 19.7 Å². The molecule has 4 nitrogen and oxygen atoms in total. The standard InChI is InChI=1S/C18H23NO3/c20-16(14-6-2-1-3-7-14)12-19-10-11-21-18-13-22-17-9-5-4-8-15(17)18/h1-4,6-8,13,15-17,19-20H,5,9-12H2. The van der Waals surface area contributed by atoms with Crippen LogP contribution in [0.25, 0.3) is 0 Å². The maximum absolute atomic E-state index is 10.0. The van der Waals surface area contributed by atoms with Crippen molar-refractivity contribution < 1.29 is 14.6 Å². The molecular formula is C18H23NO3. The second-order valence-corrected chi connectivity index (χ2v) is 5.71. The minimum Gasteiger partial charge on any atom is -0.493 e. The first-order chi connectivity index (χ1) is 10.8. The van der Waals surface area contributed by atoms with Crippen LogP contribution in [0.4, 0.5) is 0 Å². The molecule has 0 saturated heterocycles. The van der Waals surface area contributed by atoms with Crippen molar-refractivity contribution in [1.29, 1.82) is 0 Å². The second-order valence-electron chi connectivity index (χ2n) is 5.71. The first kappa shape index (κ1) is 15.1. The Morgan fingerprint density at radius 3 is 3.05 bits per heavy atom. The Bertz CT molecular complexity index is 526. The highest BCUT2D eigenvalue weighted by molar-refractivity contribution is 5.17. The van der Waals surface area contributed by atoms with Gasteiger partial charge in [0.1, 0.15) is 24.7 Å². The quantitative estimate of drug-likeness (QED) is 0.600. The van der Waals surface area contributed by atoms with Gasteiger partial charge in [-0.1, -0.05) is 42.5 Å². The summed E-state index contributed by atoms with van der Waals surface area (Å²) < 4.78 is 11.4. The fraction of sp³-hybridized carbons (Fsp3) is 0.444. The van der Waals surface area contributed by atoms with Gasteiger partial charge in [0.2, 0.25) is 0 Å². The summed E-state index contributed by atoms with van der Waals surface area (Å²) in [6.45, 7) is 1.80. The molecule has 3 unspecified atom stereocenters. The zero-order chi connectivity index (χ0) is 15.2.